The maximum atomic E-state index is 11.2. The second kappa shape index (κ2) is 6.10. The van der Waals surface area contributed by atoms with E-state index in [9.17, 15) is 4.79 Å². The van der Waals surface area contributed by atoms with Crippen molar-refractivity contribution >= 4 is 17.3 Å². The molecule has 114 valence electrons. The van der Waals surface area contributed by atoms with Crippen LogP contribution in [-0.4, -0.2) is 12.6 Å². The van der Waals surface area contributed by atoms with E-state index in [1.165, 1.54) is 12.5 Å². The largest absolute Gasteiger partial charge is 0.473 e. The molecular formula is C18H20N2O2. The molecule has 1 heterocycles. The molecule has 0 bridgehead atoms. The van der Waals surface area contributed by atoms with Gasteiger partial charge in [-0.1, -0.05) is 19.1 Å². The number of nitrogens with zero attached hydrogens (tertiary/aromatic N) is 1. The van der Waals surface area contributed by atoms with Crippen molar-refractivity contribution in [3.63, 3.8) is 0 Å². The van der Waals surface area contributed by atoms with E-state index in [2.05, 4.69) is 41.4 Å². The van der Waals surface area contributed by atoms with Crippen LogP contribution in [0.5, 0.6) is 5.75 Å². The van der Waals surface area contributed by atoms with Crippen LogP contribution in [0.2, 0.25) is 0 Å². The highest BCUT2D eigenvalue weighted by Gasteiger charge is 2.18. The SMILES string of the molecule is CCc1ccc(N2COc3ccc(NC(C)=O)cc3C2)cc1. The minimum atomic E-state index is -0.0660. The van der Waals surface area contributed by atoms with Crippen molar-refractivity contribution in [1.29, 1.82) is 0 Å². The molecule has 2 aromatic rings. The molecule has 1 aliphatic heterocycles. The topological polar surface area (TPSA) is 41.6 Å². The van der Waals surface area contributed by atoms with Gasteiger partial charge in [0.15, 0.2) is 6.73 Å². The van der Waals surface area contributed by atoms with Gasteiger partial charge in [-0.2, -0.15) is 0 Å². The zero-order valence-electron chi connectivity index (χ0n) is 12.9. The molecule has 0 atom stereocenters. The normalized spacial score (nSPS) is 13.3. The second-order valence-electron chi connectivity index (χ2n) is 5.50. The summed E-state index contributed by atoms with van der Waals surface area (Å²) in [6, 6.07) is 14.3. The van der Waals surface area contributed by atoms with Gasteiger partial charge in [0.05, 0.1) is 0 Å². The molecule has 0 aliphatic carbocycles. The van der Waals surface area contributed by atoms with Gasteiger partial charge in [0.25, 0.3) is 0 Å². The molecule has 1 amide bonds. The minimum absolute atomic E-state index is 0.0660. The number of rotatable bonds is 3. The summed E-state index contributed by atoms with van der Waals surface area (Å²) >= 11 is 0. The van der Waals surface area contributed by atoms with Crippen LogP contribution < -0.4 is 15.0 Å². The Balaban J connectivity index is 1.80. The lowest BCUT2D eigenvalue weighted by Crippen LogP contribution is -2.31. The van der Waals surface area contributed by atoms with Crippen molar-refractivity contribution in [2.75, 3.05) is 16.9 Å². The molecule has 0 fully saturated rings. The van der Waals surface area contributed by atoms with E-state index in [1.807, 2.05) is 18.2 Å². The van der Waals surface area contributed by atoms with Gasteiger partial charge in [0.2, 0.25) is 5.91 Å². The first-order valence-corrected chi connectivity index (χ1v) is 7.53. The fourth-order valence-electron chi connectivity index (χ4n) is 2.63. The van der Waals surface area contributed by atoms with Crippen LogP contribution in [0.3, 0.4) is 0 Å². The fourth-order valence-corrected chi connectivity index (χ4v) is 2.63. The van der Waals surface area contributed by atoms with Gasteiger partial charge >= 0.3 is 0 Å². The summed E-state index contributed by atoms with van der Waals surface area (Å²) in [5, 5.41) is 2.81. The highest BCUT2D eigenvalue weighted by atomic mass is 16.5. The molecule has 0 aromatic heterocycles. The van der Waals surface area contributed by atoms with Gasteiger partial charge in [-0.15, -0.1) is 0 Å². The Labute approximate surface area is 130 Å². The van der Waals surface area contributed by atoms with Crippen molar-refractivity contribution in [3.05, 3.63) is 53.6 Å². The van der Waals surface area contributed by atoms with Crippen LogP contribution in [0, 0.1) is 0 Å². The molecule has 1 aliphatic rings. The van der Waals surface area contributed by atoms with E-state index in [4.69, 9.17) is 4.74 Å². The number of amides is 1. The second-order valence-corrected chi connectivity index (χ2v) is 5.50. The minimum Gasteiger partial charge on any atom is -0.473 e. The molecule has 4 nitrogen and oxygen atoms in total. The average molecular weight is 296 g/mol. The van der Waals surface area contributed by atoms with Crippen molar-refractivity contribution in [2.24, 2.45) is 0 Å². The molecule has 22 heavy (non-hydrogen) atoms. The monoisotopic (exact) mass is 296 g/mol. The van der Waals surface area contributed by atoms with E-state index in [0.717, 1.165) is 35.7 Å². The number of carbonyl (C=O) groups excluding carboxylic acids is 1. The number of benzene rings is 2. The van der Waals surface area contributed by atoms with E-state index >= 15 is 0 Å². The highest BCUT2D eigenvalue weighted by Crippen LogP contribution is 2.30. The number of fused-ring (bicyclic) bond motifs is 1. The third-order valence-electron chi connectivity index (χ3n) is 3.83. The van der Waals surface area contributed by atoms with Crippen molar-refractivity contribution < 1.29 is 9.53 Å². The highest BCUT2D eigenvalue weighted by molar-refractivity contribution is 5.88. The van der Waals surface area contributed by atoms with E-state index in [0.29, 0.717) is 6.73 Å². The maximum absolute atomic E-state index is 11.2. The predicted octanol–water partition coefficient (Wildman–Crippen LogP) is 3.56. The molecule has 0 spiro atoms. The molecule has 1 N–H and O–H groups in total. The Hall–Kier alpha value is -2.49. The Morgan fingerprint density at radius 3 is 2.68 bits per heavy atom. The number of carbonyl (C=O) groups is 1. The van der Waals surface area contributed by atoms with Crippen LogP contribution in [-0.2, 0) is 17.8 Å². The van der Waals surface area contributed by atoms with Gasteiger partial charge in [-0.05, 0) is 42.3 Å². The lowest BCUT2D eigenvalue weighted by Gasteiger charge is -2.31. The lowest BCUT2D eigenvalue weighted by atomic mass is 10.1. The third-order valence-corrected chi connectivity index (χ3v) is 3.83. The zero-order chi connectivity index (χ0) is 15.5. The number of anilines is 2. The van der Waals surface area contributed by atoms with Gasteiger partial charge in [0.1, 0.15) is 5.75 Å². The number of hydrogen-bond acceptors (Lipinski definition) is 3. The first kappa shape index (κ1) is 14.4. The molecule has 4 heteroatoms. The zero-order valence-corrected chi connectivity index (χ0v) is 12.9. The van der Waals surface area contributed by atoms with Crippen molar-refractivity contribution in [2.45, 2.75) is 26.8 Å². The van der Waals surface area contributed by atoms with E-state index in [-0.39, 0.29) is 5.91 Å². The number of aryl methyl sites for hydroxylation is 1. The Morgan fingerprint density at radius 1 is 1.23 bits per heavy atom. The summed E-state index contributed by atoms with van der Waals surface area (Å²) in [6.07, 6.45) is 1.04. The van der Waals surface area contributed by atoms with E-state index < -0.39 is 0 Å². The van der Waals surface area contributed by atoms with Crippen LogP contribution in [0.1, 0.15) is 25.0 Å². The summed E-state index contributed by atoms with van der Waals surface area (Å²) in [7, 11) is 0. The summed E-state index contributed by atoms with van der Waals surface area (Å²) < 4.78 is 5.82. The van der Waals surface area contributed by atoms with Gasteiger partial charge in [-0.3, -0.25) is 4.79 Å². The van der Waals surface area contributed by atoms with Gasteiger partial charge in [-0.25, -0.2) is 0 Å². The fraction of sp³-hybridized carbons (Fsp3) is 0.278. The Morgan fingerprint density at radius 2 is 2.00 bits per heavy atom. The molecule has 0 radical (unpaired) electrons. The molecule has 0 unspecified atom stereocenters. The first-order valence-electron chi connectivity index (χ1n) is 7.53. The first-order chi connectivity index (χ1) is 10.7. The van der Waals surface area contributed by atoms with Crippen molar-refractivity contribution in [1.82, 2.24) is 0 Å². The standard InChI is InChI=1S/C18H20N2O2/c1-3-14-4-7-17(8-5-14)20-11-15-10-16(19-13(2)21)6-9-18(15)22-12-20/h4-10H,3,11-12H2,1-2H3,(H,19,21). The number of hydrogen-bond donors (Lipinski definition) is 1. The van der Waals surface area contributed by atoms with Crippen LogP contribution in [0.25, 0.3) is 0 Å². The Kier molecular flexibility index (Phi) is 4.00. The number of ether oxygens (including phenoxy) is 1. The summed E-state index contributed by atoms with van der Waals surface area (Å²) in [5.74, 6) is 0.819. The molecular weight excluding hydrogens is 276 g/mol. The van der Waals surface area contributed by atoms with E-state index in [1.54, 1.807) is 0 Å². The van der Waals surface area contributed by atoms with Crippen molar-refractivity contribution in [3.8, 4) is 5.75 Å². The van der Waals surface area contributed by atoms with Gasteiger partial charge in [0, 0.05) is 30.4 Å². The molecule has 0 saturated carbocycles. The lowest BCUT2D eigenvalue weighted by molar-refractivity contribution is -0.114. The number of nitrogens with one attached hydrogen (secondary N) is 1. The molecule has 0 saturated heterocycles. The Bertz CT molecular complexity index is 680. The quantitative estimate of drug-likeness (QED) is 0.941. The summed E-state index contributed by atoms with van der Waals surface area (Å²) in [5.41, 5.74) is 4.36. The van der Waals surface area contributed by atoms with Crippen LogP contribution >= 0.6 is 0 Å². The average Bonchev–Trinajstić information content (AvgIpc) is 2.54. The van der Waals surface area contributed by atoms with Crippen LogP contribution in [0.4, 0.5) is 11.4 Å². The summed E-state index contributed by atoms with van der Waals surface area (Å²) in [6.45, 7) is 4.97. The smallest absolute Gasteiger partial charge is 0.221 e. The van der Waals surface area contributed by atoms with Gasteiger partial charge < -0.3 is 15.0 Å². The maximum Gasteiger partial charge on any atom is 0.221 e. The summed E-state index contributed by atoms with van der Waals surface area (Å²) in [4.78, 5) is 13.4. The third kappa shape index (κ3) is 3.06. The van der Waals surface area contributed by atoms with Crippen LogP contribution in [0.15, 0.2) is 42.5 Å². The predicted molar refractivity (Wildman–Crippen MR) is 88.2 cm³/mol. The molecule has 3 rings (SSSR count). The molecule has 2 aromatic carbocycles.